The first kappa shape index (κ1) is 15.2. The summed E-state index contributed by atoms with van der Waals surface area (Å²) in [6.07, 6.45) is 1.64. The Morgan fingerprint density at radius 3 is 2.55 bits per heavy atom. The summed E-state index contributed by atoms with van der Waals surface area (Å²) in [5.74, 6) is -3.24. The number of carboxylic acids is 1. The third-order valence-electron chi connectivity index (χ3n) is 4.18. The van der Waals surface area contributed by atoms with Gasteiger partial charge in [-0.25, -0.2) is 8.42 Å². The van der Waals surface area contributed by atoms with Gasteiger partial charge in [-0.3, -0.25) is 9.59 Å². The van der Waals surface area contributed by atoms with E-state index in [1.807, 2.05) is 0 Å². The van der Waals surface area contributed by atoms with Gasteiger partial charge >= 0.3 is 11.9 Å². The highest BCUT2D eigenvalue weighted by molar-refractivity contribution is 7.89. The molecule has 20 heavy (non-hydrogen) atoms. The number of methoxy groups -OCH3 is 1. The van der Waals surface area contributed by atoms with Gasteiger partial charge in [0, 0.05) is 12.1 Å². The van der Waals surface area contributed by atoms with Crippen molar-refractivity contribution in [1.82, 2.24) is 4.31 Å². The number of hydrogen-bond acceptors (Lipinski definition) is 5. The minimum atomic E-state index is -3.65. The number of ether oxygens (including phenoxy) is 1. The molecule has 0 radical (unpaired) electrons. The second kappa shape index (κ2) is 5.33. The molecule has 4 atom stereocenters. The van der Waals surface area contributed by atoms with Crippen molar-refractivity contribution in [1.29, 1.82) is 0 Å². The van der Waals surface area contributed by atoms with Crippen molar-refractivity contribution in [3.63, 3.8) is 0 Å². The van der Waals surface area contributed by atoms with Crippen LogP contribution in [0.15, 0.2) is 0 Å². The fourth-order valence-corrected chi connectivity index (χ4v) is 5.56. The molecule has 2 aliphatic heterocycles. The first-order valence-electron chi connectivity index (χ1n) is 6.59. The molecule has 0 aromatic rings. The summed E-state index contributed by atoms with van der Waals surface area (Å²) in [4.78, 5) is 22.5. The van der Waals surface area contributed by atoms with Crippen LogP contribution in [0.3, 0.4) is 0 Å². The number of sulfonamides is 1. The molecule has 2 saturated heterocycles. The van der Waals surface area contributed by atoms with Gasteiger partial charge in [0.25, 0.3) is 0 Å². The number of esters is 1. The Balaban J connectivity index is 2.15. The van der Waals surface area contributed by atoms with E-state index in [4.69, 9.17) is 5.11 Å². The first-order chi connectivity index (χ1) is 9.27. The van der Waals surface area contributed by atoms with Crippen LogP contribution in [0, 0.1) is 11.8 Å². The molecule has 0 amide bonds. The molecule has 0 saturated carbocycles. The fourth-order valence-electron chi connectivity index (χ4n) is 3.31. The van der Waals surface area contributed by atoms with Crippen LogP contribution >= 0.6 is 0 Å². The molecular formula is C12H19NO6S. The van der Waals surface area contributed by atoms with Crippen LogP contribution < -0.4 is 0 Å². The lowest BCUT2D eigenvalue weighted by Crippen LogP contribution is -2.41. The van der Waals surface area contributed by atoms with E-state index in [1.165, 1.54) is 18.3 Å². The van der Waals surface area contributed by atoms with E-state index in [0.717, 1.165) is 0 Å². The van der Waals surface area contributed by atoms with Crippen molar-refractivity contribution in [3.8, 4) is 0 Å². The molecule has 2 aliphatic rings. The fraction of sp³-hybridized carbons (Fsp3) is 0.833. The van der Waals surface area contributed by atoms with E-state index >= 15 is 0 Å². The van der Waals surface area contributed by atoms with Gasteiger partial charge in [0.15, 0.2) is 0 Å². The number of carboxylic acid groups (broad SMARTS) is 1. The van der Waals surface area contributed by atoms with E-state index in [2.05, 4.69) is 4.74 Å². The smallest absolute Gasteiger partial charge is 0.309 e. The maximum atomic E-state index is 12.4. The maximum Gasteiger partial charge on any atom is 0.309 e. The number of rotatable bonds is 5. The quantitative estimate of drug-likeness (QED) is 0.721. The van der Waals surface area contributed by atoms with Gasteiger partial charge in [-0.05, 0) is 19.3 Å². The predicted molar refractivity (Wildman–Crippen MR) is 69.4 cm³/mol. The van der Waals surface area contributed by atoms with Crippen molar-refractivity contribution < 1.29 is 27.9 Å². The Bertz CT molecular complexity index is 516. The molecule has 1 N–H and O–H groups in total. The third-order valence-corrected chi connectivity index (χ3v) is 6.31. The highest BCUT2D eigenvalue weighted by Crippen LogP contribution is 2.43. The van der Waals surface area contributed by atoms with Gasteiger partial charge in [0.1, 0.15) is 0 Å². The Morgan fingerprint density at radius 1 is 1.40 bits per heavy atom. The van der Waals surface area contributed by atoms with E-state index < -0.39 is 39.8 Å². The topological polar surface area (TPSA) is 101 Å². The van der Waals surface area contributed by atoms with E-state index in [-0.39, 0.29) is 11.8 Å². The Hall–Kier alpha value is -1.15. The molecule has 8 heteroatoms. The summed E-state index contributed by atoms with van der Waals surface area (Å²) in [7, 11) is -2.43. The van der Waals surface area contributed by atoms with Crippen molar-refractivity contribution in [2.75, 3.05) is 12.9 Å². The highest BCUT2D eigenvalue weighted by Gasteiger charge is 2.54. The second-order valence-electron chi connectivity index (χ2n) is 5.51. The number of nitrogens with zero attached hydrogens (tertiary/aromatic N) is 1. The first-order valence-corrected chi connectivity index (χ1v) is 8.20. The van der Waals surface area contributed by atoms with Crippen LogP contribution in [-0.4, -0.2) is 54.7 Å². The Morgan fingerprint density at radius 2 is 2.05 bits per heavy atom. The lowest BCUT2D eigenvalue weighted by atomic mass is 9.89. The van der Waals surface area contributed by atoms with Gasteiger partial charge in [-0.2, -0.15) is 4.31 Å². The van der Waals surface area contributed by atoms with E-state index in [9.17, 15) is 18.0 Å². The monoisotopic (exact) mass is 305 g/mol. The van der Waals surface area contributed by atoms with Crippen molar-refractivity contribution >= 4 is 22.0 Å². The molecule has 0 spiro atoms. The molecule has 0 aliphatic carbocycles. The van der Waals surface area contributed by atoms with Crippen LogP contribution in [0.2, 0.25) is 0 Å². The Labute approximate surface area is 117 Å². The third kappa shape index (κ3) is 2.54. The molecule has 0 aromatic carbocycles. The lowest BCUT2D eigenvalue weighted by Gasteiger charge is -2.23. The summed E-state index contributed by atoms with van der Waals surface area (Å²) in [6, 6.07) is -0.705. The highest BCUT2D eigenvalue weighted by atomic mass is 32.2. The zero-order valence-corrected chi connectivity index (χ0v) is 12.3. The minimum Gasteiger partial charge on any atom is -0.481 e. The average molecular weight is 305 g/mol. The normalized spacial score (nSPS) is 31.2. The molecule has 114 valence electrons. The second-order valence-corrected chi connectivity index (χ2v) is 7.43. The van der Waals surface area contributed by atoms with Gasteiger partial charge < -0.3 is 9.84 Å². The number of carbonyl (C=O) groups excluding carboxylic acids is 1. The molecule has 7 nitrogen and oxygen atoms in total. The van der Waals surface area contributed by atoms with Crippen LogP contribution in [0.1, 0.15) is 26.2 Å². The number of hydrogen-bond donors (Lipinski definition) is 1. The molecule has 4 unspecified atom stereocenters. The molecule has 0 aromatic heterocycles. The average Bonchev–Trinajstić information content (AvgIpc) is 2.95. The van der Waals surface area contributed by atoms with Crippen LogP contribution in [-0.2, 0) is 24.3 Å². The van der Waals surface area contributed by atoms with E-state index in [1.54, 1.807) is 0 Å². The van der Waals surface area contributed by atoms with Gasteiger partial charge in [0.05, 0.1) is 24.7 Å². The Kier molecular flexibility index (Phi) is 4.06. The van der Waals surface area contributed by atoms with Gasteiger partial charge in [0.2, 0.25) is 10.0 Å². The molecule has 2 bridgehead atoms. The number of aliphatic carboxylic acids is 1. The zero-order valence-electron chi connectivity index (χ0n) is 11.5. The lowest BCUT2D eigenvalue weighted by molar-refractivity contribution is -0.144. The summed E-state index contributed by atoms with van der Waals surface area (Å²) < 4.78 is 30.7. The van der Waals surface area contributed by atoms with Crippen LogP contribution in [0.25, 0.3) is 0 Å². The van der Waals surface area contributed by atoms with Crippen molar-refractivity contribution in [2.45, 2.75) is 38.3 Å². The number of carbonyl (C=O) groups is 2. The predicted octanol–water partition coefficient (Wildman–Crippen LogP) is 0.0628. The zero-order chi connectivity index (χ0) is 15.1. The largest absolute Gasteiger partial charge is 0.481 e. The maximum absolute atomic E-state index is 12.4. The van der Waals surface area contributed by atoms with E-state index in [0.29, 0.717) is 19.3 Å². The number of fused-ring (bicyclic) bond motifs is 2. The summed E-state index contributed by atoms with van der Waals surface area (Å²) >= 11 is 0. The molecule has 2 rings (SSSR count). The van der Waals surface area contributed by atoms with Crippen LogP contribution in [0.5, 0.6) is 0 Å². The summed E-state index contributed by atoms with van der Waals surface area (Å²) in [6.45, 7) is 1.50. The van der Waals surface area contributed by atoms with Crippen LogP contribution in [0.4, 0.5) is 0 Å². The molecular weight excluding hydrogens is 286 g/mol. The molecule has 2 heterocycles. The molecule has 2 fully saturated rings. The standard InChI is InChI=1S/C12H19NO6S/c1-7(12(16)19-2)6-20(17,18)13-8-3-4-10(13)9(5-8)11(14)15/h7-10H,3-6H2,1-2H3,(H,14,15). The minimum absolute atomic E-state index is 0.240. The van der Waals surface area contributed by atoms with Gasteiger partial charge in [-0.15, -0.1) is 0 Å². The van der Waals surface area contributed by atoms with Gasteiger partial charge in [-0.1, -0.05) is 6.92 Å². The SMILES string of the molecule is COC(=O)C(C)CS(=O)(=O)N1C2CCC1C(C(=O)O)C2. The van der Waals surface area contributed by atoms with Crippen molar-refractivity contribution in [3.05, 3.63) is 0 Å². The summed E-state index contributed by atoms with van der Waals surface area (Å²) in [5, 5.41) is 9.13. The summed E-state index contributed by atoms with van der Waals surface area (Å²) in [5.41, 5.74) is 0. The van der Waals surface area contributed by atoms with Crippen molar-refractivity contribution in [2.24, 2.45) is 11.8 Å².